The summed E-state index contributed by atoms with van der Waals surface area (Å²) < 4.78 is 0. The summed E-state index contributed by atoms with van der Waals surface area (Å²) in [5.41, 5.74) is 0.670. The molecule has 2 aromatic rings. The van der Waals surface area contributed by atoms with Gasteiger partial charge in [0.2, 0.25) is 11.0 Å². The first-order chi connectivity index (χ1) is 12.8. The van der Waals surface area contributed by atoms with E-state index in [0.29, 0.717) is 22.7 Å². The van der Waals surface area contributed by atoms with Crippen LogP contribution in [0.2, 0.25) is 0 Å². The number of benzene rings is 1. The summed E-state index contributed by atoms with van der Waals surface area (Å²) in [7, 11) is 0. The molecule has 0 saturated heterocycles. The Kier molecular flexibility index (Phi) is 5.36. The number of carbonyl (C=O) groups excluding carboxylic acids is 3. The molecule has 1 aliphatic rings. The highest BCUT2D eigenvalue weighted by Gasteiger charge is 2.44. The molecule has 3 rings (SSSR count). The molecule has 0 spiro atoms. The zero-order valence-electron chi connectivity index (χ0n) is 15.7. The van der Waals surface area contributed by atoms with E-state index in [9.17, 15) is 14.4 Å². The molecule has 8 heteroatoms. The Morgan fingerprint density at radius 2 is 1.70 bits per heavy atom. The van der Waals surface area contributed by atoms with Gasteiger partial charge in [0, 0.05) is 5.92 Å². The van der Waals surface area contributed by atoms with Gasteiger partial charge in [0.25, 0.3) is 11.8 Å². The minimum atomic E-state index is -0.909. The number of nitrogens with zero attached hydrogens (tertiary/aromatic N) is 3. The third-order valence-electron chi connectivity index (χ3n) is 4.72. The smallest absolute Gasteiger partial charge is 0.262 e. The fourth-order valence-corrected chi connectivity index (χ4v) is 3.76. The van der Waals surface area contributed by atoms with Gasteiger partial charge < -0.3 is 0 Å². The minimum Gasteiger partial charge on any atom is -0.299 e. The van der Waals surface area contributed by atoms with Crippen molar-refractivity contribution in [1.29, 1.82) is 0 Å². The summed E-state index contributed by atoms with van der Waals surface area (Å²) in [5.74, 6) is -1.29. The van der Waals surface area contributed by atoms with Crippen LogP contribution in [0.1, 0.15) is 65.8 Å². The molecule has 0 unspecified atom stereocenters. The van der Waals surface area contributed by atoms with E-state index in [-0.39, 0.29) is 11.8 Å². The molecule has 1 aromatic carbocycles. The molecular formula is C19H22N4O3S. The Morgan fingerprint density at radius 3 is 2.19 bits per heavy atom. The van der Waals surface area contributed by atoms with Gasteiger partial charge >= 0.3 is 0 Å². The molecule has 0 aliphatic carbocycles. The molecule has 1 aliphatic heterocycles. The van der Waals surface area contributed by atoms with E-state index in [0.717, 1.165) is 9.91 Å². The molecule has 0 radical (unpaired) electrons. The molecule has 7 nitrogen and oxygen atoms in total. The third kappa shape index (κ3) is 3.49. The van der Waals surface area contributed by atoms with Crippen LogP contribution in [0.3, 0.4) is 0 Å². The van der Waals surface area contributed by atoms with Crippen LogP contribution in [0, 0.1) is 5.92 Å². The number of amides is 3. The largest absolute Gasteiger partial charge is 0.299 e. The van der Waals surface area contributed by atoms with Crippen molar-refractivity contribution in [2.24, 2.45) is 5.92 Å². The van der Waals surface area contributed by atoms with Crippen molar-refractivity contribution < 1.29 is 14.4 Å². The van der Waals surface area contributed by atoms with Gasteiger partial charge in [-0.05, 0) is 18.1 Å². The SMILES string of the molecule is CC[C@@H](C)[C@@H](C(=O)Nc1nnc(C(C)C)s1)N1C(=O)c2ccccc2C1=O. The van der Waals surface area contributed by atoms with Crippen molar-refractivity contribution in [3.8, 4) is 0 Å². The molecule has 3 amide bonds. The minimum absolute atomic E-state index is 0.203. The molecule has 2 atom stereocenters. The normalized spacial score (nSPS) is 15.8. The number of fused-ring (bicyclic) bond motifs is 1. The maximum atomic E-state index is 13.0. The number of hydrogen-bond acceptors (Lipinski definition) is 6. The van der Waals surface area contributed by atoms with Crippen molar-refractivity contribution in [1.82, 2.24) is 15.1 Å². The molecule has 0 bridgehead atoms. The number of rotatable bonds is 6. The van der Waals surface area contributed by atoms with Crippen LogP contribution < -0.4 is 5.32 Å². The van der Waals surface area contributed by atoms with Crippen LogP contribution in [0.4, 0.5) is 5.13 Å². The van der Waals surface area contributed by atoms with Crippen molar-refractivity contribution in [2.45, 2.75) is 46.1 Å². The first-order valence-corrected chi connectivity index (χ1v) is 9.78. The van der Waals surface area contributed by atoms with Gasteiger partial charge in [0.15, 0.2) is 0 Å². The average molecular weight is 386 g/mol. The highest BCUT2D eigenvalue weighted by atomic mass is 32.1. The van der Waals surface area contributed by atoms with Gasteiger partial charge in [0.1, 0.15) is 11.0 Å². The third-order valence-corrected chi connectivity index (χ3v) is 5.86. The average Bonchev–Trinajstić information content (AvgIpc) is 3.21. The van der Waals surface area contributed by atoms with Crippen molar-refractivity contribution in [3.63, 3.8) is 0 Å². The monoisotopic (exact) mass is 386 g/mol. The summed E-state index contributed by atoms with van der Waals surface area (Å²) in [6.45, 7) is 7.76. The van der Waals surface area contributed by atoms with Gasteiger partial charge in [-0.25, -0.2) is 0 Å². The van der Waals surface area contributed by atoms with Gasteiger partial charge in [-0.3, -0.25) is 24.6 Å². The van der Waals surface area contributed by atoms with Crippen LogP contribution in [-0.2, 0) is 4.79 Å². The molecule has 0 saturated carbocycles. The Balaban J connectivity index is 1.89. The molecule has 0 fully saturated rings. The predicted molar refractivity (Wildman–Crippen MR) is 103 cm³/mol. The zero-order valence-corrected chi connectivity index (χ0v) is 16.5. The number of anilines is 1. The first kappa shape index (κ1) is 19.2. The standard InChI is InChI=1S/C19H22N4O3S/c1-5-11(4)14(15(24)20-19-22-21-16(27-19)10(2)3)23-17(25)12-8-6-7-9-13(12)18(23)26/h6-11,14H,5H2,1-4H3,(H,20,22,24)/t11-,14+/m1/s1. The predicted octanol–water partition coefficient (Wildman–Crippen LogP) is 3.31. The lowest BCUT2D eigenvalue weighted by Crippen LogP contribution is -2.50. The van der Waals surface area contributed by atoms with E-state index >= 15 is 0 Å². The molecule has 1 aromatic heterocycles. The molecular weight excluding hydrogens is 364 g/mol. The second-order valence-corrected chi connectivity index (χ2v) is 7.95. The van der Waals surface area contributed by atoms with E-state index in [4.69, 9.17) is 0 Å². The van der Waals surface area contributed by atoms with E-state index in [1.54, 1.807) is 24.3 Å². The summed E-state index contributed by atoms with van der Waals surface area (Å²) in [6, 6.07) is 5.73. The number of imide groups is 1. The Morgan fingerprint density at radius 1 is 1.11 bits per heavy atom. The Hall–Kier alpha value is -2.61. The van der Waals surface area contributed by atoms with E-state index in [2.05, 4.69) is 15.5 Å². The second-order valence-electron chi connectivity index (χ2n) is 6.95. The topological polar surface area (TPSA) is 92.3 Å². The lowest BCUT2D eigenvalue weighted by molar-refractivity contribution is -0.121. The van der Waals surface area contributed by atoms with Gasteiger partial charge in [-0.2, -0.15) is 0 Å². The molecule has 27 heavy (non-hydrogen) atoms. The maximum absolute atomic E-state index is 13.0. The highest BCUT2D eigenvalue weighted by molar-refractivity contribution is 7.15. The quantitative estimate of drug-likeness (QED) is 0.769. The summed E-state index contributed by atoms with van der Waals surface area (Å²) >= 11 is 1.29. The van der Waals surface area contributed by atoms with Gasteiger partial charge in [-0.1, -0.05) is 57.6 Å². The number of nitrogens with one attached hydrogen (secondary N) is 1. The van der Waals surface area contributed by atoms with Crippen molar-refractivity contribution in [2.75, 3.05) is 5.32 Å². The van der Waals surface area contributed by atoms with Crippen LogP contribution >= 0.6 is 11.3 Å². The lowest BCUT2D eigenvalue weighted by atomic mass is 9.96. The molecule has 142 valence electrons. The molecule has 1 N–H and O–H groups in total. The van der Waals surface area contributed by atoms with E-state index in [1.807, 2.05) is 27.7 Å². The van der Waals surface area contributed by atoms with Crippen LogP contribution in [0.25, 0.3) is 0 Å². The summed E-state index contributed by atoms with van der Waals surface area (Å²) in [4.78, 5) is 39.7. The van der Waals surface area contributed by atoms with E-state index in [1.165, 1.54) is 11.3 Å². The van der Waals surface area contributed by atoms with Crippen LogP contribution in [0.15, 0.2) is 24.3 Å². The highest BCUT2D eigenvalue weighted by Crippen LogP contribution is 2.29. The Labute approximate surface area is 161 Å². The lowest BCUT2D eigenvalue weighted by Gasteiger charge is -2.29. The number of aromatic nitrogens is 2. The van der Waals surface area contributed by atoms with Crippen LogP contribution in [0.5, 0.6) is 0 Å². The fraction of sp³-hybridized carbons (Fsp3) is 0.421. The summed E-state index contributed by atoms with van der Waals surface area (Å²) in [5, 5.41) is 12.0. The Bertz CT molecular complexity index is 858. The van der Waals surface area contributed by atoms with Crippen LogP contribution in [-0.4, -0.2) is 38.9 Å². The molecule has 2 heterocycles. The first-order valence-electron chi connectivity index (χ1n) is 8.96. The fourth-order valence-electron chi connectivity index (χ4n) is 3.01. The summed E-state index contributed by atoms with van der Waals surface area (Å²) in [6.07, 6.45) is 0.638. The number of carbonyl (C=O) groups is 3. The zero-order chi connectivity index (χ0) is 19.7. The number of hydrogen-bond donors (Lipinski definition) is 1. The van der Waals surface area contributed by atoms with Crippen molar-refractivity contribution >= 4 is 34.2 Å². The van der Waals surface area contributed by atoms with E-state index < -0.39 is 23.8 Å². The maximum Gasteiger partial charge on any atom is 0.262 e. The van der Waals surface area contributed by atoms with Gasteiger partial charge in [-0.15, -0.1) is 10.2 Å². The second kappa shape index (κ2) is 7.56. The van der Waals surface area contributed by atoms with Crippen molar-refractivity contribution in [3.05, 3.63) is 40.4 Å². The van der Waals surface area contributed by atoms with Gasteiger partial charge in [0.05, 0.1) is 11.1 Å².